The number of thiophene rings is 1. The van der Waals surface area contributed by atoms with Crippen molar-refractivity contribution in [1.29, 1.82) is 0 Å². The molecule has 170 valence electrons. The van der Waals surface area contributed by atoms with Crippen LogP contribution >= 0.6 is 22.9 Å². The molecular formula is C21H29ClN4O3S2. The molecule has 2 aromatic rings. The second-order valence-electron chi connectivity index (χ2n) is 7.87. The topological polar surface area (TPSA) is 81.7 Å². The molecule has 0 saturated carbocycles. The molecule has 0 bridgehead atoms. The Morgan fingerprint density at radius 3 is 2.52 bits per heavy atom. The predicted molar refractivity (Wildman–Crippen MR) is 126 cm³/mol. The Morgan fingerprint density at radius 1 is 1.16 bits per heavy atom. The van der Waals surface area contributed by atoms with E-state index >= 15 is 0 Å². The Kier molecular flexibility index (Phi) is 8.35. The lowest BCUT2D eigenvalue weighted by Gasteiger charge is -2.36. The molecule has 2 heterocycles. The van der Waals surface area contributed by atoms with E-state index in [0.717, 1.165) is 54.8 Å². The molecule has 3 rings (SSSR count). The summed E-state index contributed by atoms with van der Waals surface area (Å²) in [5.74, 6) is -0.469. The molecule has 0 unspecified atom stereocenters. The van der Waals surface area contributed by atoms with Crippen LogP contribution in [0.5, 0.6) is 0 Å². The zero-order chi connectivity index (χ0) is 22.4. The molecule has 1 aliphatic rings. The third-order valence-corrected chi connectivity index (χ3v) is 8.34. The van der Waals surface area contributed by atoms with Crippen molar-refractivity contribution in [2.24, 2.45) is 5.92 Å². The Hall–Kier alpha value is -1.65. The zero-order valence-electron chi connectivity index (χ0n) is 17.8. The highest BCUT2D eigenvalue weighted by atomic mass is 35.5. The van der Waals surface area contributed by atoms with Gasteiger partial charge in [0.05, 0.1) is 0 Å². The number of sulfonamides is 1. The van der Waals surface area contributed by atoms with Gasteiger partial charge in [0.2, 0.25) is 5.91 Å². The summed E-state index contributed by atoms with van der Waals surface area (Å²) in [6.07, 6.45) is 0. The summed E-state index contributed by atoms with van der Waals surface area (Å²) in [4.78, 5) is 17.3. The standard InChI is InChI=1S/C21H29ClN4O3S2/c1-16(2)20(24-31(28,29)19-7-4-14-30-19)21(27)23-8-9-25-10-12-26(13-11-25)18-6-3-5-17(22)15-18/h3-7,14-16,20,24H,8-13H2,1-2H3,(H,23,27)/t20-/m1/s1. The third kappa shape index (κ3) is 6.66. The molecule has 1 atom stereocenters. The van der Waals surface area contributed by atoms with Crippen molar-refractivity contribution in [3.63, 3.8) is 0 Å². The summed E-state index contributed by atoms with van der Waals surface area (Å²) >= 11 is 7.22. The molecule has 31 heavy (non-hydrogen) atoms. The fourth-order valence-electron chi connectivity index (χ4n) is 3.48. The van der Waals surface area contributed by atoms with Crippen molar-refractivity contribution in [3.05, 3.63) is 46.8 Å². The fraction of sp³-hybridized carbons (Fsp3) is 0.476. The van der Waals surface area contributed by atoms with Gasteiger partial charge in [-0.05, 0) is 35.6 Å². The van der Waals surface area contributed by atoms with Crippen molar-refractivity contribution in [1.82, 2.24) is 14.9 Å². The van der Waals surface area contributed by atoms with Crippen molar-refractivity contribution in [2.45, 2.75) is 24.1 Å². The molecule has 0 spiro atoms. The molecule has 2 N–H and O–H groups in total. The number of hydrogen-bond acceptors (Lipinski definition) is 6. The largest absolute Gasteiger partial charge is 0.369 e. The number of rotatable bonds is 9. The van der Waals surface area contributed by atoms with Crippen LogP contribution in [0.4, 0.5) is 5.69 Å². The van der Waals surface area contributed by atoms with Gasteiger partial charge in [0, 0.05) is 50.0 Å². The van der Waals surface area contributed by atoms with Crippen molar-refractivity contribution >= 4 is 44.6 Å². The maximum absolute atomic E-state index is 12.7. The van der Waals surface area contributed by atoms with Gasteiger partial charge < -0.3 is 10.2 Å². The second kappa shape index (κ2) is 10.8. The van der Waals surface area contributed by atoms with Crippen LogP contribution in [-0.4, -0.2) is 64.5 Å². The minimum absolute atomic E-state index is 0.170. The monoisotopic (exact) mass is 484 g/mol. The van der Waals surface area contributed by atoms with Crippen molar-refractivity contribution in [3.8, 4) is 0 Å². The first-order valence-electron chi connectivity index (χ1n) is 10.3. The van der Waals surface area contributed by atoms with Gasteiger partial charge in [-0.2, -0.15) is 4.72 Å². The second-order valence-corrected chi connectivity index (χ2v) is 11.2. The van der Waals surface area contributed by atoms with E-state index in [2.05, 4.69) is 25.9 Å². The molecule has 7 nitrogen and oxygen atoms in total. The quantitative estimate of drug-likeness (QED) is 0.571. The molecular weight excluding hydrogens is 456 g/mol. The van der Waals surface area contributed by atoms with E-state index in [0.29, 0.717) is 6.54 Å². The third-order valence-electron chi connectivity index (χ3n) is 5.26. The molecule has 1 fully saturated rings. The number of halogens is 1. The minimum Gasteiger partial charge on any atom is -0.369 e. The average molecular weight is 485 g/mol. The van der Waals surface area contributed by atoms with E-state index in [9.17, 15) is 13.2 Å². The lowest BCUT2D eigenvalue weighted by atomic mass is 10.1. The number of piperazine rings is 1. The number of nitrogens with zero attached hydrogens (tertiary/aromatic N) is 2. The van der Waals surface area contributed by atoms with Crippen molar-refractivity contribution in [2.75, 3.05) is 44.2 Å². The van der Waals surface area contributed by atoms with E-state index in [1.54, 1.807) is 11.4 Å². The van der Waals surface area contributed by atoms with E-state index in [1.165, 1.54) is 6.07 Å². The molecule has 1 amide bonds. The number of benzene rings is 1. The minimum atomic E-state index is -3.70. The van der Waals surface area contributed by atoms with Gasteiger partial charge in [0.25, 0.3) is 10.0 Å². The van der Waals surface area contributed by atoms with Gasteiger partial charge in [-0.1, -0.05) is 37.6 Å². The summed E-state index contributed by atoms with van der Waals surface area (Å²) in [6, 6.07) is 10.3. The summed E-state index contributed by atoms with van der Waals surface area (Å²) in [6.45, 7) is 8.42. The van der Waals surface area contributed by atoms with Crippen LogP contribution < -0.4 is 14.9 Å². The van der Waals surface area contributed by atoms with Crippen LogP contribution in [0.1, 0.15) is 13.8 Å². The maximum Gasteiger partial charge on any atom is 0.250 e. The van der Waals surface area contributed by atoms with E-state index in [1.807, 2.05) is 32.0 Å². The molecule has 1 saturated heterocycles. The van der Waals surface area contributed by atoms with E-state index < -0.39 is 16.1 Å². The number of anilines is 1. The highest BCUT2D eigenvalue weighted by Crippen LogP contribution is 2.21. The van der Waals surface area contributed by atoms with Gasteiger partial charge >= 0.3 is 0 Å². The Balaban J connectivity index is 1.45. The lowest BCUT2D eigenvalue weighted by molar-refractivity contribution is -0.123. The molecule has 10 heteroatoms. The Morgan fingerprint density at radius 2 is 1.90 bits per heavy atom. The number of carbonyl (C=O) groups is 1. The van der Waals surface area contributed by atoms with Crippen molar-refractivity contribution < 1.29 is 13.2 Å². The highest BCUT2D eigenvalue weighted by Gasteiger charge is 2.29. The maximum atomic E-state index is 12.7. The Labute approximate surface area is 193 Å². The van der Waals surface area contributed by atoms with Gasteiger partial charge in [0.15, 0.2) is 0 Å². The van der Waals surface area contributed by atoms with Gasteiger partial charge in [-0.25, -0.2) is 8.42 Å². The van der Waals surface area contributed by atoms with Crippen LogP contribution in [0.15, 0.2) is 46.0 Å². The number of hydrogen-bond donors (Lipinski definition) is 2. The van der Waals surface area contributed by atoms with Crippen LogP contribution in [0.3, 0.4) is 0 Å². The predicted octanol–water partition coefficient (Wildman–Crippen LogP) is 2.64. The SMILES string of the molecule is CC(C)[C@@H](NS(=O)(=O)c1cccs1)C(=O)NCCN1CCN(c2cccc(Cl)c2)CC1. The summed E-state index contributed by atoms with van der Waals surface area (Å²) < 4.78 is 27.8. The molecule has 0 radical (unpaired) electrons. The molecule has 1 aliphatic heterocycles. The van der Waals surface area contributed by atoms with E-state index in [-0.39, 0.29) is 16.0 Å². The average Bonchev–Trinajstić information content (AvgIpc) is 3.28. The highest BCUT2D eigenvalue weighted by molar-refractivity contribution is 7.91. The summed E-state index contributed by atoms with van der Waals surface area (Å²) in [5.41, 5.74) is 1.12. The lowest BCUT2D eigenvalue weighted by Crippen LogP contribution is -2.52. The van der Waals surface area contributed by atoms with Crippen LogP contribution in [0.25, 0.3) is 0 Å². The molecule has 0 aliphatic carbocycles. The van der Waals surface area contributed by atoms with Crippen LogP contribution in [0, 0.1) is 5.92 Å². The summed E-state index contributed by atoms with van der Waals surface area (Å²) in [7, 11) is -3.70. The van der Waals surface area contributed by atoms with Gasteiger partial charge in [-0.15, -0.1) is 11.3 Å². The van der Waals surface area contributed by atoms with Crippen LogP contribution in [-0.2, 0) is 14.8 Å². The number of nitrogens with one attached hydrogen (secondary N) is 2. The fourth-order valence-corrected chi connectivity index (χ4v) is 6.02. The number of carbonyl (C=O) groups excluding carboxylic acids is 1. The van der Waals surface area contributed by atoms with E-state index in [4.69, 9.17) is 11.6 Å². The molecule has 1 aromatic carbocycles. The smallest absolute Gasteiger partial charge is 0.250 e. The van der Waals surface area contributed by atoms with Crippen LogP contribution in [0.2, 0.25) is 5.02 Å². The molecule has 1 aromatic heterocycles. The van der Waals surface area contributed by atoms with Gasteiger partial charge in [-0.3, -0.25) is 9.69 Å². The Bertz CT molecular complexity index is 959. The normalized spacial score (nSPS) is 16.5. The first-order valence-corrected chi connectivity index (χ1v) is 13.1. The van der Waals surface area contributed by atoms with Gasteiger partial charge in [0.1, 0.15) is 10.3 Å². The zero-order valence-corrected chi connectivity index (χ0v) is 20.1. The number of amides is 1. The first kappa shape index (κ1) is 24.0. The summed E-state index contributed by atoms with van der Waals surface area (Å²) in [5, 5.41) is 5.33. The first-order chi connectivity index (χ1) is 14.8.